The molecule has 1 aromatic carbocycles. The van der Waals surface area contributed by atoms with E-state index in [1.807, 2.05) is 58.9 Å². The molecule has 4 heterocycles. The number of piperidine rings is 1. The summed E-state index contributed by atoms with van der Waals surface area (Å²) in [5.41, 5.74) is 3.92. The van der Waals surface area contributed by atoms with Crippen molar-refractivity contribution in [3.05, 3.63) is 60.0 Å². The van der Waals surface area contributed by atoms with Gasteiger partial charge < -0.3 is 15.3 Å². The van der Waals surface area contributed by atoms with E-state index in [0.29, 0.717) is 29.4 Å². The number of pyridine rings is 1. The molecule has 1 saturated carbocycles. The van der Waals surface area contributed by atoms with Gasteiger partial charge in [-0.2, -0.15) is 5.10 Å². The molecular formula is C25H25F2N7O. The van der Waals surface area contributed by atoms with E-state index in [2.05, 4.69) is 20.5 Å². The van der Waals surface area contributed by atoms with Gasteiger partial charge in [0.2, 0.25) is 0 Å². The number of imidazole rings is 1. The number of benzene rings is 1. The number of aliphatic hydroxyl groups is 1. The summed E-state index contributed by atoms with van der Waals surface area (Å²) in [6, 6.07) is 12.9. The molecule has 4 aromatic rings. The summed E-state index contributed by atoms with van der Waals surface area (Å²) >= 11 is 0. The zero-order valence-electron chi connectivity index (χ0n) is 19.4. The molecule has 2 bridgehead atoms. The van der Waals surface area contributed by atoms with Crippen molar-refractivity contribution in [1.29, 1.82) is 0 Å². The van der Waals surface area contributed by atoms with Gasteiger partial charge in [0.1, 0.15) is 18.0 Å². The lowest BCUT2D eigenvalue weighted by atomic mass is 10.0. The maximum Gasteiger partial charge on any atom is 0.254 e. The van der Waals surface area contributed by atoms with E-state index in [4.69, 9.17) is 4.98 Å². The van der Waals surface area contributed by atoms with Gasteiger partial charge in [0, 0.05) is 36.2 Å². The first-order chi connectivity index (χ1) is 16.8. The molecule has 6 rings (SSSR count). The molecular weight excluding hydrogens is 452 g/mol. The number of alkyl halides is 2. The molecule has 2 N–H and O–H groups in total. The van der Waals surface area contributed by atoms with Crippen molar-refractivity contribution in [2.24, 2.45) is 5.92 Å². The van der Waals surface area contributed by atoms with Crippen molar-refractivity contribution in [3.63, 3.8) is 0 Å². The summed E-state index contributed by atoms with van der Waals surface area (Å²) in [6.07, 6.45) is 1.22. The Labute approximate surface area is 200 Å². The maximum atomic E-state index is 14.1. The zero-order valence-corrected chi connectivity index (χ0v) is 19.4. The minimum atomic E-state index is -2.62. The molecule has 3 unspecified atom stereocenters. The maximum absolute atomic E-state index is 14.1. The standard InChI is InChI=1S/C25H25F2N7O/c1-14-3-7-22(32-31-14)29-17-4-6-21-20(10-17)28-13-34(21)23-8-5-19(15(2)35)24(30-23)33-12-16-9-18(33)11-25(16,26)27/h3-8,10,13,15-16,18,35H,9,11-12H2,1-2H3,(H,29,32). The highest BCUT2D eigenvalue weighted by molar-refractivity contribution is 5.82. The quantitative estimate of drug-likeness (QED) is 0.436. The van der Waals surface area contributed by atoms with Crippen LogP contribution in [0.25, 0.3) is 16.9 Å². The lowest BCUT2D eigenvalue weighted by Gasteiger charge is -2.34. The van der Waals surface area contributed by atoms with Crippen LogP contribution in [-0.4, -0.2) is 48.3 Å². The second-order valence-corrected chi connectivity index (χ2v) is 9.47. The van der Waals surface area contributed by atoms with Gasteiger partial charge in [0.15, 0.2) is 5.82 Å². The van der Waals surface area contributed by atoms with Crippen LogP contribution in [0, 0.1) is 12.8 Å². The molecule has 10 heteroatoms. The number of nitrogens with zero attached hydrogens (tertiary/aromatic N) is 6. The summed E-state index contributed by atoms with van der Waals surface area (Å²) in [4.78, 5) is 11.3. The summed E-state index contributed by atoms with van der Waals surface area (Å²) in [6.45, 7) is 3.80. The predicted octanol–water partition coefficient (Wildman–Crippen LogP) is 4.55. The lowest BCUT2D eigenvalue weighted by Crippen LogP contribution is -2.42. The third kappa shape index (κ3) is 3.78. The second kappa shape index (κ2) is 7.94. The highest BCUT2D eigenvalue weighted by Crippen LogP contribution is 2.50. The third-order valence-corrected chi connectivity index (χ3v) is 7.00. The van der Waals surface area contributed by atoms with Crippen LogP contribution in [0.5, 0.6) is 0 Å². The van der Waals surface area contributed by atoms with Crippen molar-refractivity contribution in [1.82, 2.24) is 24.7 Å². The van der Waals surface area contributed by atoms with Crippen LogP contribution in [0.1, 0.15) is 37.1 Å². The normalized spacial score (nSPS) is 21.6. The number of hydrogen-bond donors (Lipinski definition) is 2. The van der Waals surface area contributed by atoms with Crippen LogP contribution in [0.2, 0.25) is 0 Å². The molecule has 1 aliphatic carbocycles. The topological polar surface area (TPSA) is 92.0 Å². The monoisotopic (exact) mass is 477 g/mol. The first kappa shape index (κ1) is 21.8. The SMILES string of the molecule is Cc1ccc(Nc2ccc3c(c2)ncn3-c2ccc(C(C)O)c(N3CC4CC3CC4(F)F)n2)nn1. The molecule has 0 amide bonds. The molecule has 35 heavy (non-hydrogen) atoms. The van der Waals surface area contributed by atoms with Crippen LogP contribution in [0.15, 0.2) is 48.8 Å². The second-order valence-electron chi connectivity index (χ2n) is 9.47. The average Bonchev–Trinajstić information content (AvgIpc) is 3.51. The van der Waals surface area contributed by atoms with Crippen LogP contribution in [0.3, 0.4) is 0 Å². The molecule has 1 saturated heterocycles. The van der Waals surface area contributed by atoms with Gasteiger partial charge in [-0.25, -0.2) is 18.7 Å². The number of rotatable bonds is 5. The molecule has 1 aliphatic heterocycles. The number of aliphatic hydroxyl groups excluding tert-OH is 1. The van der Waals surface area contributed by atoms with Crippen molar-refractivity contribution < 1.29 is 13.9 Å². The van der Waals surface area contributed by atoms with E-state index in [0.717, 1.165) is 22.4 Å². The third-order valence-electron chi connectivity index (χ3n) is 7.00. The van der Waals surface area contributed by atoms with E-state index in [1.54, 1.807) is 13.3 Å². The first-order valence-electron chi connectivity index (χ1n) is 11.7. The van der Waals surface area contributed by atoms with Gasteiger partial charge in [0.25, 0.3) is 5.92 Å². The van der Waals surface area contributed by atoms with Crippen molar-refractivity contribution in [2.75, 3.05) is 16.8 Å². The molecule has 0 spiro atoms. The van der Waals surface area contributed by atoms with Crippen LogP contribution >= 0.6 is 0 Å². The summed E-state index contributed by atoms with van der Waals surface area (Å²) in [5, 5.41) is 21.8. The highest BCUT2D eigenvalue weighted by Gasteiger charge is 2.56. The van der Waals surface area contributed by atoms with E-state index >= 15 is 0 Å². The van der Waals surface area contributed by atoms with E-state index < -0.39 is 17.9 Å². The average molecular weight is 478 g/mol. The smallest absolute Gasteiger partial charge is 0.254 e. The summed E-state index contributed by atoms with van der Waals surface area (Å²) in [7, 11) is 0. The molecule has 2 fully saturated rings. The fourth-order valence-electron chi connectivity index (χ4n) is 5.18. The molecule has 180 valence electrons. The van der Waals surface area contributed by atoms with E-state index in [1.165, 1.54) is 0 Å². The van der Waals surface area contributed by atoms with Gasteiger partial charge in [-0.1, -0.05) is 0 Å². The Morgan fingerprint density at radius 2 is 2.00 bits per heavy atom. The van der Waals surface area contributed by atoms with Crippen LogP contribution in [-0.2, 0) is 0 Å². The molecule has 0 radical (unpaired) electrons. The minimum Gasteiger partial charge on any atom is -0.389 e. The minimum absolute atomic E-state index is 0.169. The fraction of sp³-hybridized carbons (Fsp3) is 0.360. The predicted molar refractivity (Wildman–Crippen MR) is 128 cm³/mol. The Morgan fingerprint density at radius 1 is 1.14 bits per heavy atom. The number of nitrogens with one attached hydrogen (secondary N) is 1. The van der Waals surface area contributed by atoms with Gasteiger partial charge in [-0.05, 0) is 62.7 Å². The van der Waals surface area contributed by atoms with Gasteiger partial charge in [0.05, 0.1) is 22.8 Å². The van der Waals surface area contributed by atoms with Gasteiger partial charge >= 0.3 is 0 Å². The Balaban J connectivity index is 1.33. The molecule has 3 atom stereocenters. The number of fused-ring (bicyclic) bond motifs is 3. The summed E-state index contributed by atoms with van der Waals surface area (Å²) in [5.74, 6) is -1.47. The molecule has 3 aromatic heterocycles. The Kier molecular flexibility index (Phi) is 4.96. The number of hydrogen-bond acceptors (Lipinski definition) is 7. The lowest BCUT2D eigenvalue weighted by molar-refractivity contribution is -0.0411. The zero-order chi connectivity index (χ0) is 24.3. The van der Waals surface area contributed by atoms with Crippen molar-refractivity contribution >= 4 is 28.4 Å². The highest BCUT2D eigenvalue weighted by atomic mass is 19.3. The van der Waals surface area contributed by atoms with Crippen LogP contribution < -0.4 is 10.2 Å². The van der Waals surface area contributed by atoms with Crippen LogP contribution in [0.4, 0.5) is 26.1 Å². The number of aryl methyl sites for hydroxylation is 1. The first-order valence-corrected chi connectivity index (χ1v) is 11.7. The number of halogens is 2. The van der Waals surface area contributed by atoms with E-state index in [-0.39, 0.29) is 19.0 Å². The molecule has 2 aliphatic rings. The van der Waals surface area contributed by atoms with Gasteiger partial charge in [-0.15, -0.1) is 5.10 Å². The Morgan fingerprint density at radius 3 is 2.69 bits per heavy atom. The summed E-state index contributed by atoms with van der Waals surface area (Å²) < 4.78 is 30.1. The van der Waals surface area contributed by atoms with Crippen molar-refractivity contribution in [3.8, 4) is 5.82 Å². The fourth-order valence-corrected chi connectivity index (χ4v) is 5.18. The Hall–Kier alpha value is -3.66. The van der Waals surface area contributed by atoms with Crippen molar-refractivity contribution in [2.45, 2.75) is 44.8 Å². The largest absolute Gasteiger partial charge is 0.389 e. The molecule has 8 nitrogen and oxygen atoms in total. The van der Waals surface area contributed by atoms with Gasteiger partial charge in [-0.3, -0.25) is 4.57 Å². The van der Waals surface area contributed by atoms with E-state index in [9.17, 15) is 13.9 Å². The Bertz CT molecular complexity index is 1400. The number of aromatic nitrogens is 5. The number of anilines is 3.